The summed E-state index contributed by atoms with van der Waals surface area (Å²) in [5.74, 6) is 0.455. The van der Waals surface area contributed by atoms with Crippen LogP contribution in [-0.2, 0) is 0 Å². The maximum Gasteiger partial charge on any atom is 0.183 e. The SMILES string of the molecule is CC(C)c1c[nH]c2cc(=O)ccn12. The number of nitrogens with zero attached hydrogens (tertiary/aromatic N) is 1. The molecule has 0 aliphatic carbocycles. The number of hydrogen-bond donors (Lipinski definition) is 1. The third kappa shape index (κ3) is 1.26. The molecular formula is C10H12N2O. The number of fused-ring (bicyclic) bond motifs is 1. The van der Waals surface area contributed by atoms with Gasteiger partial charge in [0.1, 0.15) is 5.65 Å². The van der Waals surface area contributed by atoms with Crippen LogP contribution >= 0.6 is 0 Å². The number of imidazole rings is 1. The first-order chi connectivity index (χ1) is 6.18. The second kappa shape index (κ2) is 2.76. The third-order valence-electron chi connectivity index (χ3n) is 2.16. The van der Waals surface area contributed by atoms with Crippen molar-refractivity contribution in [2.45, 2.75) is 19.8 Å². The highest BCUT2D eigenvalue weighted by Crippen LogP contribution is 2.14. The Morgan fingerprint density at radius 3 is 2.92 bits per heavy atom. The van der Waals surface area contributed by atoms with Gasteiger partial charge < -0.3 is 9.38 Å². The van der Waals surface area contributed by atoms with Gasteiger partial charge in [-0.15, -0.1) is 0 Å². The number of nitrogens with one attached hydrogen (secondary N) is 1. The van der Waals surface area contributed by atoms with Crippen molar-refractivity contribution in [1.29, 1.82) is 0 Å². The molecule has 0 radical (unpaired) electrons. The Kier molecular flexibility index (Phi) is 1.72. The first kappa shape index (κ1) is 8.10. The van der Waals surface area contributed by atoms with Gasteiger partial charge in [-0.1, -0.05) is 13.8 Å². The Bertz CT molecular complexity index is 479. The lowest BCUT2D eigenvalue weighted by Gasteiger charge is -2.03. The van der Waals surface area contributed by atoms with Gasteiger partial charge in [0.15, 0.2) is 5.43 Å². The van der Waals surface area contributed by atoms with Crippen molar-refractivity contribution in [3.8, 4) is 0 Å². The zero-order valence-electron chi connectivity index (χ0n) is 7.74. The highest BCUT2D eigenvalue weighted by atomic mass is 16.1. The van der Waals surface area contributed by atoms with Gasteiger partial charge in [0.2, 0.25) is 0 Å². The first-order valence-electron chi connectivity index (χ1n) is 4.38. The van der Waals surface area contributed by atoms with E-state index in [0.717, 1.165) is 5.65 Å². The fourth-order valence-corrected chi connectivity index (χ4v) is 1.48. The van der Waals surface area contributed by atoms with E-state index in [1.807, 2.05) is 16.8 Å². The molecule has 0 fully saturated rings. The van der Waals surface area contributed by atoms with Crippen LogP contribution in [0.5, 0.6) is 0 Å². The highest BCUT2D eigenvalue weighted by Gasteiger charge is 2.04. The van der Waals surface area contributed by atoms with Gasteiger partial charge >= 0.3 is 0 Å². The lowest BCUT2D eigenvalue weighted by atomic mass is 10.1. The molecule has 68 valence electrons. The Morgan fingerprint density at radius 2 is 2.23 bits per heavy atom. The van der Waals surface area contributed by atoms with E-state index in [-0.39, 0.29) is 5.43 Å². The molecule has 2 heterocycles. The zero-order valence-corrected chi connectivity index (χ0v) is 7.74. The minimum atomic E-state index is 0.0390. The molecule has 0 aromatic carbocycles. The maximum absolute atomic E-state index is 11.0. The average Bonchev–Trinajstić information content (AvgIpc) is 2.46. The minimum Gasteiger partial charge on any atom is -0.346 e. The molecule has 0 unspecified atom stereocenters. The number of H-pyrrole nitrogens is 1. The van der Waals surface area contributed by atoms with E-state index in [0.29, 0.717) is 5.92 Å². The van der Waals surface area contributed by atoms with Gasteiger partial charge in [-0.2, -0.15) is 0 Å². The molecule has 0 aliphatic rings. The Morgan fingerprint density at radius 1 is 1.46 bits per heavy atom. The van der Waals surface area contributed by atoms with Crippen LogP contribution in [0.2, 0.25) is 0 Å². The molecule has 0 spiro atoms. The molecule has 0 saturated carbocycles. The molecular weight excluding hydrogens is 164 g/mol. The average molecular weight is 176 g/mol. The lowest BCUT2D eigenvalue weighted by molar-refractivity contribution is 0.808. The van der Waals surface area contributed by atoms with Crippen LogP contribution in [0, 0.1) is 0 Å². The molecule has 0 bridgehead atoms. The van der Waals surface area contributed by atoms with Crippen molar-refractivity contribution in [2.75, 3.05) is 0 Å². The molecule has 0 aliphatic heterocycles. The number of pyridine rings is 1. The molecule has 2 rings (SSSR count). The van der Waals surface area contributed by atoms with E-state index in [4.69, 9.17) is 0 Å². The summed E-state index contributed by atoms with van der Waals surface area (Å²) < 4.78 is 2.01. The van der Waals surface area contributed by atoms with E-state index < -0.39 is 0 Å². The molecule has 3 nitrogen and oxygen atoms in total. The number of aromatic amines is 1. The number of aromatic nitrogens is 2. The topological polar surface area (TPSA) is 37.3 Å². The van der Waals surface area contributed by atoms with Gasteiger partial charge in [0.05, 0.1) is 0 Å². The van der Waals surface area contributed by atoms with Crippen molar-refractivity contribution in [1.82, 2.24) is 9.38 Å². The van der Waals surface area contributed by atoms with E-state index >= 15 is 0 Å². The van der Waals surface area contributed by atoms with E-state index in [1.54, 1.807) is 12.1 Å². The van der Waals surface area contributed by atoms with Crippen LogP contribution in [0.15, 0.2) is 29.3 Å². The fraction of sp³-hybridized carbons (Fsp3) is 0.300. The van der Waals surface area contributed by atoms with Crippen molar-refractivity contribution < 1.29 is 0 Å². The molecule has 0 amide bonds. The second-order valence-electron chi connectivity index (χ2n) is 3.49. The fourth-order valence-electron chi connectivity index (χ4n) is 1.48. The maximum atomic E-state index is 11.0. The third-order valence-corrected chi connectivity index (χ3v) is 2.16. The van der Waals surface area contributed by atoms with Crippen molar-refractivity contribution in [3.05, 3.63) is 40.4 Å². The summed E-state index contributed by atoms with van der Waals surface area (Å²) in [6.07, 6.45) is 3.75. The predicted molar refractivity (Wildman–Crippen MR) is 52.1 cm³/mol. The second-order valence-corrected chi connectivity index (χ2v) is 3.49. The summed E-state index contributed by atoms with van der Waals surface area (Å²) >= 11 is 0. The summed E-state index contributed by atoms with van der Waals surface area (Å²) in [5.41, 5.74) is 2.09. The molecule has 2 aromatic rings. The van der Waals surface area contributed by atoms with Crippen LogP contribution in [0.25, 0.3) is 5.65 Å². The molecule has 13 heavy (non-hydrogen) atoms. The van der Waals surface area contributed by atoms with Crippen LogP contribution in [-0.4, -0.2) is 9.38 Å². The summed E-state index contributed by atoms with van der Waals surface area (Å²) in [5, 5.41) is 0. The largest absolute Gasteiger partial charge is 0.346 e. The van der Waals surface area contributed by atoms with Crippen molar-refractivity contribution >= 4 is 5.65 Å². The Balaban J connectivity index is 2.76. The number of rotatable bonds is 1. The van der Waals surface area contributed by atoms with Gasteiger partial charge in [0, 0.05) is 30.2 Å². The molecule has 0 saturated heterocycles. The van der Waals surface area contributed by atoms with Crippen LogP contribution in [0.4, 0.5) is 0 Å². The van der Waals surface area contributed by atoms with Gasteiger partial charge in [-0.3, -0.25) is 4.79 Å². The van der Waals surface area contributed by atoms with Crippen LogP contribution in [0.1, 0.15) is 25.5 Å². The van der Waals surface area contributed by atoms with Gasteiger partial charge in [-0.25, -0.2) is 0 Å². The van der Waals surface area contributed by atoms with Gasteiger partial charge in [-0.05, 0) is 5.92 Å². The zero-order chi connectivity index (χ0) is 9.42. The molecule has 0 atom stereocenters. The smallest absolute Gasteiger partial charge is 0.183 e. The van der Waals surface area contributed by atoms with E-state index in [9.17, 15) is 4.79 Å². The summed E-state index contributed by atoms with van der Waals surface area (Å²) in [6, 6.07) is 3.18. The highest BCUT2D eigenvalue weighted by molar-refractivity contribution is 5.40. The summed E-state index contributed by atoms with van der Waals surface area (Å²) in [7, 11) is 0. The lowest BCUT2D eigenvalue weighted by Crippen LogP contribution is -2.01. The van der Waals surface area contributed by atoms with E-state index in [2.05, 4.69) is 18.8 Å². The summed E-state index contributed by atoms with van der Waals surface area (Å²) in [6.45, 7) is 4.25. The Labute approximate surface area is 76.0 Å². The van der Waals surface area contributed by atoms with Crippen molar-refractivity contribution in [2.24, 2.45) is 0 Å². The monoisotopic (exact) mass is 176 g/mol. The Hall–Kier alpha value is -1.51. The molecule has 1 N–H and O–H groups in total. The van der Waals surface area contributed by atoms with Crippen LogP contribution < -0.4 is 5.43 Å². The first-order valence-corrected chi connectivity index (χ1v) is 4.38. The molecule has 2 aromatic heterocycles. The van der Waals surface area contributed by atoms with Gasteiger partial charge in [0.25, 0.3) is 0 Å². The normalized spacial score (nSPS) is 11.3. The molecule has 3 heteroatoms. The predicted octanol–water partition coefficient (Wildman–Crippen LogP) is 1.75. The van der Waals surface area contributed by atoms with E-state index in [1.165, 1.54) is 5.69 Å². The van der Waals surface area contributed by atoms with Crippen molar-refractivity contribution in [3.63, 3.8) is 0 Å². The minimum absolute atomic E-state index is 0.0390. The van der Waals surface area contributed by atoms with Crippen LogP contribution in [0.3, 0.4) is 0 Å². The standard InChI is InChI=1S/C10H12N2O/c1-7(2)9-6-11-10-5-8(13)3-4-12(9)10/h3-7,11H,1-2H3. The quantitative estimate of drug-likeness (QED) is 0.706. The number of hydrogen-bond acceptors (Lipinski definition) is 1. The summed E-state index contributed by atoms with van der Waals surface area (Å²) in [4.78, 5) is 14.1.